The fourth-order valence-corrected chi connectivity index (χ4v) is 2.65. The van der Waals surface area contributed by atoms with Crippen molar-refractivity contribution in [1.82, 2.24) is 10.2 Å². The Bertz CT molecular complexity index is 1040. The van der Waals surface area contributed by atoms with Crippen LogP contribution in [0.4, 0.5) is 6.01 Å². The molecule has 0 aliphatic rings. The predicted molar refractivity (Wildman–Crippen MR) is 96.8 cm³/mol. The van der Waals surface area contributed by atoms with Gasteiger partial charge in [0.1, 0.15) is 0 Å². The van der Waals surface area contributed by atoms with E-state index in [9.17, 15) is 4.79 Å². The highest BCUT2D eigenvalue weighted by molar-refractivity contribution is 6.34. The smallest absolute Gasteiger partial charge is 0.322 e. The van der Waals surface area contributed by atoms with Crippen molar-refractivity contribution in [2.45, 2.75) is 0 Å². The number of anilines is 1. The molecule has 0 aliphatic heterocycles. The predicted octanol–water partition coefficient (Wildman–Crippen LogP) is 4.90. The molecule has 0 bridgehead atoms. The number of halogens is 1. The summed E-state index contributed by atoms with van der Waals surface area (Å²) in [6, 6.07) is 18.3. The monoisotopic (exact) mass is 365 g/mol. The first-order valence-corrected chi connectivity index (χ1v) is 8.12. The van der Waals surface area contributed by atoms with Gasteiger partial charge in [-0.05, 0) is 35.4 Å². The molecule has 0 aliphatic carbocycles. The number of benzene rings is 2. The van der Waals surface area contributed by atoms with Gasteiger partial charge < -0.3 is 8.83 Å². The van der Waals surface area contributed by atoms with Gasteiger partial charge >= 0.3 is 6.01 Å². The third kappa shape index (κ3) is 3.22. The molecular formula is C19H12ClN3O3. The SMILES string of the molecule is O=C(Nc1nnc(-c2ccco2)o1)c1cc(-c2ccccc2)ccc1Cl. The van der Waals surface area contributed by atoms with Gasteiger partial charge in [-0.3, -0.25) is 10.1 Å². The molecular weight excluding hydrogens is 354 g/mol. The van der Waals surface area contributed by atoms with Crippen molar-refractivity contribution in [2.75, 3.05) is 5.32 Å². The molecule has 6 nitrogen and oxygen atoms in total. The number of nitrogens with zero attached hydrogens (tertiary/aromatic N) is 2. The van der Waals surface area contributed by atoms with Gasteiger partial charge in [-0.2, -0.15) is 0 Å². The van der Waals surface area contributed by atoms with Gasteiger partial charge in [-0.1, -0.05) is 53.1 Å². The molecule has 0 saturated heterocycles. The van der Waals surface area contributed by atoms with Gasteiger partial charge in [0.25, 0.3) is 11.8 Å². The maximum atomic E-state index is 12.6. The summed E-state index contributed by atoms with van der Waals surface area (Å²) in [4.78, 5) is 12.6. The lowest BCUT2D eigenvalue weighted by atomic mass is 10.0. The molecule has 0 saturated carbocycles. The van der Waals surface area contributed by atoms with Crippen LogP contribution in [0.25, 0.3) is 22.8 Å². The van der Waals surface area contributed by atoms with Crippen LogP contribution in [-0.2, 0) is 0 Å². The van der Waals surface area contributed by atoms with Crippen molar-refractivity contribution in [2.24, 2.45) is 0 Å². The first-order valence-electron chi connectivity index (χ1n) is 7.74. The Morgan fingerprint density at radius 2 is 1.81 bits per heavy atom. The van der Waals surface area contributed by atoms with E-state index in [0.717, 1.165) is 11.1 Å². The second kappa shape index (κ2) is 6.85. The topological polar surface area (TPSA) is 81.2 Å². The Balaban J connectivity index is 1.58. The molecule has 4 aromatic rings. The van der Waals surface area contributed by atoms with E-state index in [2.05, 4.69) is 15.5 Å². The molecule has 2 aromatic heterocycles. The largest absolute Gasteiger partial charge is 0.459 e. The van der Waals surface area contributed by atoms with E-state index in [1.54, 1.807) is 24.3 Å². The number of aromatic nitrogens is 2. The lowest BCUT2D eigenvalue weighted by Crippen LogP contribution is -2.13. The molecule has 1 amide bonds. The van der Waals surface area contributed by atoms with Crippen LogP contribution >= 0.6 is 11.6 Å². The Labute approximate surface area is 153 Å². The number of nitrogens with one attached hydrogen (secondary N) is 1. The molecule has 4 rings (SSSR count). The van der Waals surface area contributed by atoms with Crippen LogP contribution in [0.1, 0.15) is 10.4 Å². The number of carbonyl (C=O) groups is 1. The van der Waals surface area contributed by atoms with E-state index < -0.39 is 5.91 Å². The van der Waals surface area contributed by atoms with Crippen LogP contribution in [0.15, 0.2) is 75.8 Å². The maximum absolute atomic E-state index is 12.6. The molecule has 7 heteroatoms. The zero-order valence-corrected chi connectivity index (χ0v) is 14.1. The summed E-state index contributed by atoms with van der Waals surface area (Å²) in [5, 5.41) is 10.5. The van der Waals surface area contributed by atoms with E-state index in [0.29, 0.717) is 16.3 Å². The molecule has 2 heterocycles. The summed E-state index contributed by atoms with van der Waals surface area (Å²) in [5.74, 6) is 0.152. The van der Waals surface area contributed by atoms with Crippen molar-refractivity contribution in [3.63, 3.8) is 0 Å². The maximum Gasteiger partial charge on any atom is 0.322 e. The Hall–Kier alpha value is -3.38. The third-order valence-electron chi connectivity index (χ3n) is 3.70. The number of hydrogen-bond donors (Lipinski definition) is 1. The van der Waals surface area contributed by atoms with Crippen molar-refractivity contribution in [1.29, 1.82) is 0 Å². The fraction of sp³-hybridized carbons (Fsp3) is 0. The minimum absolute atomic E-state index is 0.0393. The van der Waals surface area contributed by atoms with Crippen LogP contribution in [0.2, 0.25) is 5.02 Å². The van der Waals surface area contributed by atoms with Crippen molar-refractivity contribution in [3.05, 3.63) is 77.5 Å². The van der Waals surface area contributed by atoms with Crippen molar-refractivity contribution in [3.8, 4) is 22.8 Å². The zero-order chi connectivity index (χ0) is 17.9. The molecule has 26 heavy (non-hydrogen) atoms. The van der Waals surface area contributed by atoms with Gasteiger partial charge in [0.15, 0.2) is 5.76 Å². The molecule has 0 unspecified atom stereocenters. The molecule has 0 fully saturated rings. The standard InChI is InChI=1S/C19H12ClN3O3/c20-15-9-8-13(12-5-2-1-3-6-12)11-14(15)17(24)21-19-23-22-18(26-19)16-7-4-10-25-16/h1-11H,(H,21,23,24). The van der Waals surface area contributed by atoms with Crippen LogP contribution < -0.4 is 5.32 Å². The average molecular weight is 366 g/mol. The molecule has 128 valence electrons. The van der Waals surface area contributed by atoms with Gasteiger partial charge in [-0.15, -0.1) is 5.10 Å². The number of hydrogen-bond acceptors (Lipinski definition) is 5. The Kier molecular flexibility index (Phi) is 4.25. The molecule has 0 radical (unpaired) electrons. The number of carbonyl (C=O) groups excluding carboxylic acids is 1. The van der Waals surface area contributed by atoms with Crippen LogP contribution in [0.5, 0.6) is 0 Å². The van der Waals surface area contributed by atoms with Crippen molar-refractivity contribution < 1.29 is 13.6 Å². The summed E-state index contributed by atoms with van der Waals surface area (Å²) >= 11 is 6.19. The summed E-state index contributed by atoms with van der Waals surface area (Å²) in [6.45, 7) is 0. The fourth-order valence-electron chi connectivity index (χ4n) is 2.45. The highest BCUT2D eigenvalue weighted by atomic mass is 35.5. The summed E-state index contributed by atoms with van der Waals surface area (Å²) in [5.41, 5.74) is 2.17. The van der Waals surface area contributed by atoms with Gasteiger partial charge in [-0.25, -0.2) is 0 Å². The van der Waals surface area contributed by atoms with E-state index in [1.807, 2.05) is 36.4 Å². The zero-order valence-electron chi connectivity index (χ0n) is 13.3. The molecule has 0 atom stereocenters. The van der Waals surface area contributed by atoms with E-state index in [1.165, 1.54) is 6.26 Å². The van der Waals surface area contributed by atoms with Crippen LogP contribution in [0, 0.1) is 0 Å². The first-order chi connectivity index (χ1) is 12.7. The minimum atomic E-state index is -0.442. The summed E-state index contributed by atoms with van der Waals surface area (Å²) in [6.07, 6.45) is 1.49. The summed E-state index contributed by atoms with van der Waals surface area (Å²) in [7, 11) is 0. The Morgan fingerprint density at radius 1 is 0.962 bits per heavy atom. The lowest BCUT2D eigenvalue weighted by Gasteiger charge is -2.07. The van der Waals surface area contributed by atoms with Gasteiger partial charge in [0.05, 0.1) is 16.8 Å². The minimum Gasteiger partial charge on any atom is -0.459 e. The van der Waals surface area contributed by atoms with E-state index in [-0.39, 0.29) is 11.9 Å². The van der Waals surface area contributed by atoms with Gasteiger partial charge in [0.2, 0.25) is 0 Å². The summed E-state index contributed by atoms with van der Waals surface area (Å²) < 4.78 is 10.6. The second-order valence-corrected chi connectivity index (χ2v) is 5.81. The Morgan fingerprint density at radius 3 is 2.58 bits per heavy atom. The van der Waals surface area contributed by atoms with Crippen molar-refractivity contribution >= 4 is 23.5 Å². The van der Waals surface area contributed by atoms with Crippen LogP contribution in [-0.4, -0.2) is 16.1 Å². The quantitative estimate of drug-likeness (QED) is 0.556. The first kappa shape index (κ1) is 16.1. The average Bonchev–Trinajstić information content (AvgIpc) is 3.34. The molecule has 2 aromatic carbocycles. The van der Waals surface area contributed by atoms with Gasteiger partial charge in [0, 0.05) is 0 Å². The van der Waals surface area contributed by atoms with E-state index in [4.69, 9.17) is 20.4 Å². The lowest BCUT2D eigenvalue weighted by molar-refractivity contribution is 0.102. The normalized spacial score (nSPS) is 10.7. The third-order valence-corrected chi connectivity index (χ3v) is 4.03. The van der Waals surface area contributed by atoms with Crippen LogP contribution in [0.3, 0.4) is 0 Å². The number of rotatable bonds is 4. The highest BCUT2D eigenvalue weighted by Crippen LogP contribution is 2.26. The number of amides is 1. The molecule has 1 N–H and O–H groups in total. The number of furan rings is 1. The highest BCUT2D eigenvalue weighted by Gasteiger charge is 2.17. The van der Waals surface area contributed by atoms with E-state index >= 15 is 0 Å². The molecule has 0 spiro atoms. The second-order valence-electron chi connectivity index (χ2n) is 5.40.